The summed E-state index contributed by atoms with van der Waals surface area (Å²) in [5.41, 5.74) is 0.763. The van der Waals surface area contributed by atoms with Crippen LogP contribution in [0.25, 0.3) is 0 Å². The van der Waals surface area contributed by atoms with Crippen molar-refractivity contribution in [1.82, 2.24) is 10.2 Å². The van der Waals surface area contributed by atoms with E-state index in [0.717, 1.165) is 25.1 Å². The van der Waals surface area contributed by atoms with Crippen LogP contribution < -0.4 is 5.32 Å². The van der Waals surface area contributed by atoms with E-state index < -0.39 is 0 Å². The number of benzene rings is 1. The number of hydrogen-bond acceptors (Lipinski definition) is 2. The van der Waals surface area contributed by atoms with Crippen LogP contribution in [0.2, 0.25) is 0 Å². The van der Waals surface area contributed by atoms with E-state index in [1.54, 1.807) is 6.07 Å². The minimum Gasteiger partial charge on any atom is -0.310 e. The van der Waals surface area contributed by atoms with E-state index in [1.807, 2.05) is 19.1 Å². The molecule has 100 valence electrons. The van der Waals surface area contributed by atoms with E-state index in [1.165, 1.54) is 32.0 Å². The average Bonchev–Trinajstić information content (AvgIpc) is 2.88. The van der Waals surface area contributed by atoms with Crippen molar-refractivity contribution in [3.05, 3.63) is 35.6 Å². The number of hydrogen-bond donors (Lipinski definition) is 1. The van der Waals surface area contributed by atoms with Gasteiger partial charge in [-0.3, -0.25) is 0 Å². The number of likely N-dealkylation sites (tertiary alicyclic amines) is 1. The van der Waals surface area contributed by atoms with Crippen LogP contribution in [0.5, 0.6) is 0 Å². The molecular weight excluding hydrogens is 227 g/mol. The zero-order valence-corrected chi connectivity index (χ0v) is 11.2. The maximum absolute atomic E-state index is 13.5. The molecule has 3 heteroatoms. The summed E-state index contributed by atoms with van der Waals surface area (Å²) in [5.74, 6) is -0.114. The van der Waals surface area contributed by atoms with E-state index in [9.17, 15) is 4.39 Å². The molecule has 0 saturated carbocycles. The first-order valence-corrected chi connectivity index (χ1v) is 6.97. The minimum absolute atomic E-state index is 0.0878. The molecule has 1 fully saturated rings. The fourth-order valence-corrected chi connectivity index (χ4v) is 2.56. The minimum atomic E-state index is -0.114. The lowest BCUT2D eigenvalue weighted by molar-refractivity contribution is 0.328. The molecule has 2 rings (SSSR count). The van der Waals surface area contributed by atoms with Gasteiger partial charge < -0.3 is 10.2 Å². The molecule has 1 N–H and O–H groups in total. The highest BCUT2D eigenvalue weighted by Crippen LogP contribution is 2.15. The quantitative estimate of drug-likeness (QED) is 0.781. The van der Waals surface area contributed by atoms with E-state index in [4.69, 9.17) is 0 Å². The summed E-state index contributed by atoms with van der Waals surface area (Å²) >= 11 is 0. The molecule has 1 aromatic rings. The molecule has 0 aromatic heterocycles. The molecule has 1 aromatic carbocycles. The predicted molar refractivity (Wildman–Crippen MR) is 73.1 cm³/mol. The van der Waals surface area contributed by atoms with Gasteiger partial charge in [0.25, 0.3) is 0 Å². The van der Waals surface area contributed by atoms with Gasteiger partial charge in [0.05, 0.1) is 0 Å². The zero-order chi connectivity index (χ0) is 12.8. The van der Waals surface area contributed by atoms with Crippen LogP contribution in [0.15, 0.2) is 24.3 Å². The Morgan fingerprint density at radius 1 is 1.28 bits per heavy atom. The number of nitrogens with one attached hydrogen (secondary N) is 1. The van der Waals surface area contributed by atoms with E-state index in [0.29, 0.717) is 0 Å². The SMILES string of the molecule is CC(NCCCN1CCCC1)c1ccccc1F. The second-order valence-corrected chi connectivity index (χ2v) is 5.10. The Labute approximate surface area is 109 Å². The standard InChI is InChI=1S/C15H23FN2/c1-13(14-7-2-3-8-15(14)16)17-9-6-12-18-10-4-5-11-18/h2-3,7-8,13,17H,4-6,9-12H2,1H3. The van der Waals surface area contributed by atoms with Crippen molar-refractivity contribution in [2.75, 3.05) is 26.2 Å². The summed E-state index contributed by atoms with van der Waals surface area (Å²) in [6.45, 7) is 6.64. The monoisotopic (exact) mass is 250 g/mol. The van der Waals surface area contributed by atoms with Gasteiger partial charge in [0.15, 0.2) is 0 Å². The lowest BCUT2D eigenvalue weighted by Crippen LogP contribution is -2.26. The number of rotatable bonds is 6. The van der Waals surface area contributed by atoms with Crippen LogP contribution in [0.4, 0.5) is 4.39 Å². The average molecular weight is 250 g/mol. The summed E-state index contributed by atoms with van der Waals surface area (Å²) in [6.07, 6.45) is 3.83. The molecule has 1 saturated heterocycles. The molecule has 2 nitrogen and oxygen atoms in total. The third-order valence-electron chi connectivity index (χ3n) is 3.67. The first-order chi connectivity index (χ1) is 8.77. The second-order valence-electron chi connectivity index (χ2n) is 5.10. The predicted octanol–water partition coefficient (Wildman–Crippen LogP) is 2.96. The van der Waals surface area contributed by atoms with Gasteiger partial charge in [0.1, 0.15) is 5.82 Å². The van der Waals surface area contributed by atoms with Crippen LogP contribution in [-0.2, 0) is 0 Å². The molecule has 1 unspecified atom stereocenters. The fourth-order valence-electron chi connectivity index (χ4n) is 2.56. The molecule has 1 aliphatic rings. The zero-order valence-electron chi connectivity index (χ0n) is 11.2. The van der Waals surface area contributed by atoms with Crippen LogP contribution in [0.1, 0.15) is 37.8 Å². The summed E-state index contributed by atoms with van der Waals surface area (Å²) in [4.78, 5) is 2.51. The smallest absolute Gasteiger partial charge is 0.127 e. The van der Waals surface area contributed by atoms with Crippen LogP contribution in [-0.4, -0.2) is 31.1 Å². The lowest BCUT2D eigenvalue weighted by Gasteiger charge is -2.17. The van der Waals surface area contributed by atoms with Gasteiger partial charge in [-0.2, -0.15) is 0 Å². The highest BCUT2D eigenvalue weighted by molar-refractivity contribution is 5.20. The van der Waals surface area contributed by atoms with Crippen molar-refractivity contribution >= 4 is 0 Å². The highest BCUT2D eigenvalue weighted by atomic mass is 19.1. The third-order valence-corrected chi connectivity index (χ3v) is 3.67. The second kappa shape index (κ2) is 6.86. The van der Waals surface area contributed by atoms with Crippen LogP contribution in [0, 0.1) is 5.82 Å². The van der Waals surface area contributed by atoms with Crippen molar-refractivity contribution in [2.45, 2.75) is 32.2 Å². The Hall–Kier alpha value is -0.930. The van der Waals surface area contributed by atoms with Crippen LogP contribution in [0.3, 0.4) is 0 Å². The Kier molecular flexibility index (Phi) is 5.14. The van der Waals surface area contributed by atoms with Crippen molar-refractivity contribution in [3.8, 4) is 0 Å². The largest absolute Gasteiger partial charge is 0.310 e. The van der Waals surface area contributed by atoms with E-state index >= 15 is 0 Å². The van der Waals surface area contributed by atoms with Gasteiger partial charge in [0, 0.05) is 11.6 Å². The molecule has 0 spiro atoms. The summed E-state index contributed by atoms with van der Waals surface area (Å²) in [5, 5.41) is 3.40. The normalized spacial score (nSPS) is 18.1. The number of nitrogens with zero attached hydrogens (tertiary/aromatic N) is 1. The van der Waals surface area contributed by atoms with Gasteiger partial charge in [-0.15, -0.1) is 0 Å². The molecular formula is C15H23FN2. The Balaban J connectivity index is 1.68. The molecule has 18 heavy (non-hydrogen) atoms. The van der Waals surface area contributed by atoms with Crippen molar-refractivity contribution in [3.63, 3.8) is 0 Å². The molecule has 0 aliphatic carbocycles. The van der Waals surface area contributed by atoms with Crippen molar-refractivity contribution in [2.24, 2.45) is 0 Å². The summed E-state index contributed by atoms with van der Waals surface area (Å²) in [6, 6.07) is 7.09. The Bertz CT molecular complexity index is 361. The van der Waals surface area contributed by atoms with Gasteiger partial charge in [0.2, 0.25) is 0 Å². The van der Waals surface area contributed by atoms with Gasteiger partial charge in [-0.25, -0.2) is 4.39 Å². The first kappa shape index (κ1) is 13.5. The number of halogens is 1. The van der Waals surface area contributed by atoms with Crippen LogP contribution >= 0.6 is 0 Å². The topological polar surface area (TPSA) is 15.3 Å². The van der Waals surface area contributed by atoms with Gasteiger partial charge >= 0.3 is 0 Å². The summed E-state index contributed by atoms with van der Waals surface area (Å²) < 4.78 is 13.5. The van der Waals surface area contributed by atoms with Gasteiger partial charge in [-0.05, 0) is 58.4 Å². The van der Waals surface area contributed by atoms with E-state index in [-0.39, 0.29) is 11.9 Å². The molecule has 0 bridgehead atoms. The molecule has 0 radical (unpaired) electrons. The third kappa shape index (κ3) is 3.79. The van der Waals surface area contributed by atoms with E-state index in [2.05, 4.69) is 10.2 Å². The van der Waals surface area contributed by atoms with Gasteiger partial charge in [-0.1, -0.05) is 18.2 Å². The lowest BCUT2D eigenvalue weighted by atomic mass is 10.1. The maximum Gasteiger partial charge on any atom is 0.127 e. The molecule has 0 amide bonds. The fraction of sp³-hybridized carbons (Fsp3) is 0.600. The molecule has 1 aliphatic heterocycles. The van der Waals surface area contributed by atoms with Crippen molar-refractivity contribution in [1.29, 1.82) is 0 Å². The first-order valence-electron chi connectivity index (χ1n) is 6.97. The molecule has 1 atom stereocenters. The highest BCUT2D eigenvalue weighted by Gasteiger charge is 2.11. The van der Waals surface area contributed by atoms with Crippen molar-refractivity contribution < 1.29 is 4.39 Å². The Morgan fingerprint density at radius 3 is 2.72 bits per heavy atom. The molecule has 1 heterocycles. The Morgan fingerprint density at radius 2 is 2.00 bits per heavy atom. The summed E-state index contributed by atoms with van der Waals surface area (Å²) in [7, 11) is 0. The maximum atomic E-state index is 13.5.